The van der Waals surface area contributed by atoms with Crippen molar-refractivity contribution in [2.45, 2.75) is 26.3 Å². The molecule has 0 unspecified atom stereocenters. The molecular formula is C9H11N3. The van der Waals surface area contributed by atoms with Gasteiger partial charge in [0.05, 0.1) is 12.2 Å². The van der Waals surface area contributed by atoms with Crippen LogP contribution in [0.1, 0.15) is 31.0 Å². The molecule has 2 heterocycles. The highest BCUT2D eigenvalue weighted by Gasteiger charge is 2.10. The van der Waals surface area contributed by atoms with Gasteiger partial charge in [0, 0.05) is 17.5 Å². The number of fused-ring (bicyclic) bond motifs is 1. The molecule has 0 radical (unpaired) electrons. The number of rotatable bonds is 1. The molecule has 62 valence electrons. The third-order valence-electron chi connectivity index (χ3n) is 1.99. The van der Waals surface area contributed by atoms with Crippen LogP contribution < -0.4 is 0 Å². The van der Waals surface area contributed by atoms with E-state index < -0.39 is 0 Å². The van der Waals surface area contributed by atoms with Crippen molar-refractivity contribution in [3.05, 3.63) is 23.5 Å². The normalized spacial score (nSPS) is 13.9. The Morgan fingerprint density at radius 2 is 2.25 bits per heavy atom. The summed E-state index contributed by atoms with van der Waals surface area (Å²) in [5.74, 6) is 0.464. The second kappa shape index (κ2) is 2.66. The number of pyridine rings is 1. The molecule has 0 fully saturated rings. The van der Waals surface area contributed by atoms with Gasteiger partial charge in [-0.1, -0.05) is 13.8 Å². The average molecular weight is 161 g/mol. The Bertz CT molecular complexity index is 329. The molecule has 0 spiro atoms. The number of hydrogen-bond acceptors (Lipinski definition) is 3. The third-order valence-corrected chi connectivity index (χ3v) is 1.99. The van der Waals surface area contributed by atoms with Crippen LogP contribution in [0.25, 0.3) is 0 Å². The van der Waals surface area contributed by atoms with E-state index in [1.807, 2.05) is 12.3 Å². The van der Waals surface area contributed by atoms with Gasteiger partial charge in [0.1, 0.15) is 0 Å². The summed E-state index contributed by atoms with van der Waals surface area (Å²) in [5.41, 5.74) is 3.22. The first kappa shape index (κ1) is 7.40. The van der Waals surface area contributed by atoms with Crippen LogP contribution in [0.2, 0.25) is 0 Å². The monoisotopic (exact) mass is 161 g/mol. The van der Waals surface area contributed by atoms with Gasteiger partial charge in [0.15, 0.2) is 0 Å². The molecule has 0 saturated carbocycles. The van der Waals surface area contributed by atoms with Gasteiger partial charge in [0.2, 0.25) is 0 Å². The molecule has 3 nitrogen and oxygen atoms in total. The Balaban J connectivity index is 2.44. The van der Waals surface area contributed by atoms with E-state index in [2.05, 4.69) is 29.1 Å². The van der Waals surface area contributed by atoms with E-state index in [1.54, 1.807) is 0 Å². The zero-order valence-corrected chi connectivity index (χ0v) is 7.28. The Hall–Kier alpha value is -1.25. The van der Waals surface area contributed by atoms with E-state index in [9.17, 15) is 0 Å². The highest BCUT2D eigenvalue weighted by atomic mass is 15.1. The minimum Gasteiger partial charge on any atom is -0.261 e. The Morgan fingerprint density at radius 1 is 1.42 bits per heavy atom. The van der Waals surface area contributed by atoms with Crippen molar-refractivity contribution in [1.29, 1.82) is 0 Å². The number of nitrogens with zero attached hydrogens (tertiary/aromatic N) is 3. The largest absolute Gasteiger partial charge is 0.261 e. The average Bonchev–Trinajstić information content (AvgIpc) is 2.49. The SMILES string of the molecule is CC(C)c1cc2c(cn1)CN=N2. The summed E-state index contributed by atoms with van der Waals surface area (Å²) in [4.78, 5) is 4.33. The van der Waals surface area contributed by atoms with E-state index in [0.29, 0.717) is 12.5 Å². The summed E-state index contributed by atoms with van der Waals surface area (Å²) in [5, 5.41) is 7.96. The fraction of sp³-hybridized carbons (Fsp3) is 0.444. The summed E-state index contributed by atoms with van der Waals surface area (Å²) in [7, 11) is 0. The lowest BCUT2D eigenvalue weighted by atomic mass is 10.1. The molecule has 0 amide bonds. The first-order valence-electron chi connectivity index (χ1n) is 4.13. The zero-order valence-electron chi connectivity index (χ0n) is 7.28. The topological polar surface area (TPSA) is 37.6 Å². The van der Waals surface area contributed by atoms with E-state index in [4.69, 9.17) is 0 Å². The van der Waals surface area contributed by atoms with Crippen molar-refractivity contribution in [2.24, 2.45) is 10.2 Å². The number of hydrogen-bond donors (Lipinski definition) is 0. The smallest absolute Gasteiger partial charge is 0.0937 e. The van der Waals surface area contributed by atoms with Crippen LogP contribution in [0.3, 0.4) is 0 Å². The molecule has 0 saturated heterocycles. The molecule has 0 aromatic carbocycles. The summed E-state index contributed by atoms with van der Waals surface area (Å²) >= 11 is 0. The molecule has 0 bridgehead atoms. The van der Waals surface area contributed by atoms with Crippen LogP contribution in [0, 0.1) is 0 Å². The highest BCUT2D eigenvalue weighted by molar-refractivity contribution is 5.47. The van der Waals surface area contributed by atoms with Crippen LogP contribution in [0.5, 0.6) is 0 Å². The lowest BCUT2D eigenvalue weighted by molar-refractivity contribution is 0.821. The predicted octanol–water partition coefficient (Wildman–Crippen LogP) is 2.80. The van der Waals surface area contributed by atoms with E-state index >= 15 is 0 Å². The quantitative estimate of drug-likeness (QED) is 0.624. The van der Waals surface area contributed by atoms with Crippen molar-refractivity contribution >= 4 is 5.69 Å². The molecule has 0 atom stereocenters. The maximum Gasteiger partial charge on any atom is 0.0937 e. The first-order chi connectivity index (χ1) is 5.77. The van der Waals surface area contributed by atoms with Crippen molar-refractivity contribution < 1.29 is 0 Å². The van der Waals surface area contributed by atoms with E-state index in [0.717, 1.165) is 16.9 Å². The summed E-state index contributed by atoms with van der Waals surface area (Å²) in [6.07, 6.45) is 1.88. The molecule has 3 heteroatoms. The van der Waals surface area contributed by atoms with Crippen molar-refractivity contribution in [1.82, 2.24) is 4.98 Å². The van der Waals surface area contributed by atoms with Gasteiger partial charge in [-0.05, 0) is 12.0 Å². The predicted molar refractivity (Wildman–Crippen MR) is 46.5 cm³/mol. The highest BCUT2D eigenvalue weighted by Crippen LogP contribution is 2.28. The van der Waals surface area contributed by atoms with Gasteiger partial charge in [-0.25, -0.2) is 0 Å². The minimum absolute atomic E-state index is 0.464. The fourth-order valence-electron chi connectivity index (χ4n) is 1.21. The molecule has 12 heavy (non-hydrogen) atoms. The molecule has 0 N–H and O–H groups in total. The second-order valence-electron chi connectivity index (χ2n) is 3.29. The molecule has 0 aliphatic carbocycles. The van der Waals surface area contributed by atoms with Crippen molar-refractivity contribution in [3.8, 4) is 0 Å². The minimum atomic E-state index is 0.464. The fourth-order valence-corrected chi connectivity index (χ4v) is 1.21. The van der Waals surface area contributed by atoms with Crippen LogP contribution in [-0.2, 0) is 6.54 Å². The summed E-state index contributed by atoms with van der Waals surface area (Å²) in [6, 6.07) is 2.02. The van der Waals surface area contributed by atoms with Gasteiger partial charge in [-0.3, -0.25) is 4.98 Å². The summed E-state index contributed by atoms with van der Waals surface area (Å²) in [6.45, 7) is 4.95. The van der Waals surface area contributed by atoms with Crippen molar-refractivity contribution in [3.63, 3.8) is 0 Å². The lowest BCUT2D eigenvalue weighted by Crippen LogP contribution is -1.92. The zero-order chi connectivity index (χ0) is 8.55. The maximum absolute atomic E-state index is 4.33. The first-order valence-corrected chi connectivity index (χ1v) is 4.13. The Labute approximate surface area is 71.6 Å². The van der Waals surface area contributed by atoms with Crippen LogP contribution >= 0.6 is 0 Å². The third kappa shape index (κ3) is 1.11. The number of azo groups is 1. The lowest BCUT2D eigenvalue weighted by Gasteiger charge is -2.04. The molecule has 1 aromatic heterocycles. The van der Waals surface area contributed by atoms with Gasteiger partial charge < -0.3 is 0 Å². The second-order valence-corrected chi connectivity index (χ2v) is 3.29. The summed E-state index contributed by atoms with van der Waals surface area (Å²) < 4.78 is 0. The van der Waals surface area contributed by atoms with Gasteiger partial charge in [-0.2, -0.15) is 10.2 Å². The molecule has 1 aliphatic heterocycles. The number of aromatic nitrogens is 1. The maximum atomic E-state index is 4.33. The Morgan fingerprint density at radius 3 is 3.00 bits per heavy atom. The van der Waals surface area contributed by atoms with Gasteiger partial charge >= 0.3 is 0 Å². The van der Waals surface area contributed by atoms with Gasteiger partial charge in [-0.15, -0.1) is 0 Å². The molecular weight excluding hydrogens is 150 g/mol. The van der Waals surface area contributed by atoms with E-state index in [-0.39, 0.29) is 0 Å². The van der Waals surface area contributed by atoms with Crippen molar-refractivity contribution in [2.75, 3.05) is 0 Å². The molecule has 1 aromatic rings. The van der Waals surface area contributed by atoms with E-state index in [1.165, 1.54) is 0 Å². The molecule has 1 aliphatic rings. The Kier molecular flexibility index (Phi) is 1.64. The van der Waals surface area contributed by atoms with Crippen LogP contribution in [0.15, 0.2) is 22.5 Å². The van der Waals surface area contributed by atoms with Crippen LogP contribution in [0.4, 0.5) is 5.69 Å². The van der Waals surface area contributed by atoms with Crippen LogP contribution in [-0.4, -0.2) is 4.98 Å². The standard InChI is InChI=1S/C9H11N3/c1-6(2)8-3-9-7(4-10-8)5-11-12-9/h3-4,6H,5H2,1-2H3. The molecule has 2 rings (SSSR count). The van der Waals surface area contributed by atoms with Gasteiger partial charge in [0.25, 0.3) is 0 Å².